The molecule has 0 radical (unpaired) electrons. The van der Waals surface area contributed by atoms with Gasteiger partial charge in [-0.05, 0) is 6.92 Å². The number of imidazole rings is 1. The summed E-state index contributed by atoms with van der Waals surface area (Å²) in [5, 5.41) is 19.1. The van der Waals surface area contributed by atoms with Crippen molar-refractivity contribution in [3.63, 3.8) is 0 Å². The summed E-state index contributed by atoms with van der Waals surface area (Å²) in [7, 11) is 1.49. The zero-order chi connectivity index (χ0) is 13.7. The Bertz CT molecular complexity index is 406. The van der Waals surface area contributed by atoms with Gasteiger partial charge in [0.05, 0.1) is 6.33 Å². The van der Waals surface area contributed by atoms with E-state index in [9.17, 15) is 9.59 Å². The van der Waals surface area contributed by atoms with Crippen molar-refractivity contribution in [1.82, 2.24) is 20.4 Å². The van der Waals surface area contributed by atoms with Crippen molar-refractivity contribution in [2.24, 2.45) is 0 Å². The number of nitrogens with one attached hydrogen (secondary N) is 2. The van der Waals surface area contributed by atoms with Crippen molar-refractivity contribution in [2.45, 2.75) is 25.4 Å². The van der Waals surface area contributed by atoms with Crippen molar-refractivity contribution in [3.05, 3.63) is 18.2 Å². The molecule has 2 atom stereocenters. The van der Waals surface area contributed by atoms with Crippen LogP contribution in [0, 0.1) is 0 Å². The van der Waals surface area contributed by atoms with Gasteiger partial charge in [0, 0.05) is 25.4 Å². The number of aliphatic carboxylic acids is 2. The van der Waals surface area contributed by atoms with Crippen LogP contribution in [0.5, 0.6) is 0 Å². The molecule has 0 fully saturated rings. The number of hydrazine groups is 1. The summed E-state index contributed by atoms with van der Waals surface area (Å²) in [6, 6.07) is -1.74. The van der Waals surface area contributed by atoms with Crippen LogP contribution in [-0.2, 0) is 16.0 Å². The monoisotopic (exact) mass is 256 g/mol. The summed E-state index contributed by atoms with van der Waals surface area (Å²) < 4.78 is 0. The number of hydrogen-bond acceptors (Lipinski definition) is 5. The van der Waals surface area contributed by atoms with Crippen LogP contribution in [0.1, 0.15) is 12.6 Å². The number of rotatable bonds is 7. The number of likely N-dealkylation sites (N-methyl/N-ethyl adjacent to an activating group) is 1. The third-order valence-electron chi connectivity index (χ3n) is 2.57. The third kappa shape index (κ3) is 3.82. The van der Waals surface area contributed by atoms with Gasteiger partial charge in [0.15, 0.2) is 0 Å². The molecule has 0 aliphatic rings. The lowest BCUT2D eigenvalue weighted by atomic mass is 10.2. The molecule has 0 bridgehead atoms. The second-order valence-corrected chi connectivity index (χ2v) is 3.93. The second kappa shape index (κ2) is 6.12. The maximum absolute atomic E-state index is 11.1. The molecule has 0 aromatic carbocycles. The summed E-state index contributed by atoms with van der Waals surface area (Å²) in [4.78, 5) is 28.4. The number of aromatic nitrogens is 2. The first-order chi connectivity index (χ1) is 8.41. The quantitative estimate of drug-likeness (QED) is 0.477. The zero-order valence-corrected chi connectivity index (χ0v) is 10.1. The molecule has 0 saturated heterocycles. The number of carboxylic acid groups (broad SMARTS) is 2. The number of carboxylic acids is 2. The van der Waals surface area contributed by atoms with Gasteiger partial charge in [-0.3, -0.25) is 9.59 Å². The number of hydrogen-bond donors (Lipinski definition) is 4. The SMILES string of the molecule is C[C@@H](C(=O)O)N(C)N[C@@H](Cc1cnc[nH]1)C(=O)O. The highest BCUT2D eigenvalue weighted by molar-refractivity contribution is 5.74. The highest BCUT2D eigenvalue weighted by atomic mass is 16.4. The molecule has 1 rings (SSSR count). The van der Waals surface area contributed by atoms with E-state index in [0.29, 0.717) is 5.69 Å². The van der Waals surface area contributed by atoms with Gasteiger partial charge in [-0.25, -0.2) is 15.4 Å². The Hall–Kier alpha value is -1.93. The molecule has 0 saturated carbocycles. The molecule has 0 amide bonds. The van der Waals surface area contributed by atoms with Crippen LogP contribution in [0.3, 0.4) is 0 Å². The Kier molecular flexibility index (Phi) is 4.81. The van der Waals surface area contributed by atoms with Gasteiger partial charge in [-0.15, -0.1) is 0 Å². The largest absolute Gasteiger partial charge is 0.480 e. The minimum atomic E-state index is -1.06. The molecule has 8 heteroatoms. The molecule has 0 aliphatic heterocycles. The molecule has 18 heavy (non-hydrogen) atoms. The van der Waals surface area contributed by atoms with E-state index in [1.54, 1.807) is 0 Å². The molecule has 0 spiro atoms. The molecular formula is C10H16N4O4. The lowest BCUT2D eigenvalue weighted by Crippen LogP contribution is -2.53. The van der Waals surface area contributed by atoms with Gasteiger partial charge < -0.3 is 15.2 Å². The van der Waals surface area contributed by atoms with Crippen molar-refractivity contribution in [1.29, 1.82) is 0 Å². The molecule has 8 nitrogen and oxygen atoms in total. The molecule has 1 aromatic heterocycles. The molecule has 100 valence electrons. The van der Waals surface area contributed by atoms with E-state index in [1.807, 2.05) is 0 Å². The Morgan fingerprint density at radius 2 is 2.17 bits per heavy atom. The highest BCUT2D eigenvalue weighted by Gasteiger charge is 2.24. The average Bonchev–Trinajstić information content (AvgIpc) is 2.79. The van der Waals surface area contributed by atoms with E-state index >= 15 is 0 Å². The van der Waals surface area contributed by atoms with Crippen molar-refractivity contribution in [2.75, 3.05) is 7.05 Å². The van der Waals surface area contributed by atoms with Gasteiger partial charge in [0.25, 0.3) is 0 Å². The van der Waals surface area contributed by atoms with Crippen LogP contribution in [-0.4, -0.2) is 56.3 Å². The number of H-pyrrole nitrogens is 1. The molecule has 4 N–H and O–H groups in total. The number of aromatic amines is 1. The van der Waals surface area contributed by atoms with Gasteiger partial charge in [-0.1, -0.05) is 0 Å². The van der Waals surface area contributed by atoms with E-state index in [4.69, 9.17) is 10.2 Å². The fraction of sp³-hybridized carbons (Fsp3) is 0.500. The molecule has 1 aromatic rings. The molecule has 1 heterocycles. The molecule has 0 unspecified atom stereocenters. The maximum atomic E-state index is 11.1. The average molecular weight is 256 g/mol. The van der Waals surface area contributed by atoms with Gasteiger partial charge in [-0.2, -0.15) is 0 Å². The Labute approximate surface area is 104 Å². The summed E-state index contributed by atoms with van der Waals surface area (Å²) in [5.74, 6) is -2.09. The fourth-order valence-corrected chi connectivity index (χ4v) is 1.33. The summed E-state index contributed by atoms with van der Waals surface area (Å²) >= 11 is 0. The van der Waals surface area contributed by atoms with Crippen LogP contribution in [0.2, 0.25) is 0 Å². The summed E-state index contributed by atoms with van der Waals surface area (Å²) in [6.45, 7) is 1.46. The lowest BCUT2D eigenvalue weighted by Gasteiger charge is -2.25. The normalized spacial score (nSPS) is 14.4. The lowest BCUT2D eigenvalue weighted by molar-refractivity contribution is -0.147. The van der Waals surface area contributed by atoms with E-state index in [2.05, 4.69) is 15.4 Å². The summed E-state index contributed by atoms with van der Waals surface area (Å²) in [6.07, 6.45) is 3.17. The van der Waals surface area contributed by atoms with Gasteiger partial charge >= 0.3 is 11.9 Å². The highest BCUT2D eigenvalue weighted by Crippen LogP contribution is 2.01. The summed E-state index contributed by atoms with van der Waals surface area (Å²) in [5.41, 5.74) is 3.30. The van der Waals surface area contributed by atoms with Crippen LogP contribution in [0.25, 0.3) is 0 Å². The predicted octanol–water partition coefficient (Wildman–Crippen LogP) is -0.685. The molecular weight excluding hydrogens is 240 g/mol. The predicted molar refractivity (Wildman–Crippen MR) is 61.7 cm³/mol. The van der Waals surface area contributed by atoms with Crippen LogP contribution < -0.4 is 5.43 Å². The van der Waals surface area contributed by atoms with E-state index < -0.39 is 24.0 Å². The van der Waals surface area contributed by atoms with Crippen molar-refractivity contribution < 1.29 is 19.8 Å². The first-order valence-electron chi connectivity index (χ1n) is 5.33. The maximum Gasteiger partial charge on any atom is 0.322 e. The van der Waals surface area contributed by atoms with Crippen LogP contribution in [0.4, 0.5) is 0 Å². The Morgan fingerprint density at radius 3 is 2.61 bits per heavy atom. The van der Waals surface area contributed by atoms with Gasteiger partial charge in [0.2, 0.25) is 0 Å². The van der Waals surface area contributed by atoms with Crippen LogP contribution in [0.15, 0.2) is 12.5 Å². The Balaban J connectivity index is 2.63. The minimum Gasteiger partial charge on any atom is -0.480 e. The zero-order valence-electron chi connectivity index (χ0n) is 10.1. The standard InChI is InChI=1S/C10H16N4O4/c1-6(9(15)16)14(2)13-8(10(17)18)3-7-4-11-5-12-7/h4-6,8,13H,3H2,1-2H3,(H,11,12)(H,15,16)(H,17,18)/t6-,8-/m0/s1. The van der Waals surface area contributed by atoms with Crippen molar-refractivity contribution in [3.8, 4) is 0 Å². The van der Waals surface area contributed by atoms with E-state index in [-0.39, 0.29) is 6.42 Å². The first-order valence-corrected chi connectivity index (χ1v) is 5.33. The van der Waals surface area contributed by atoms with Gasteiger partial charge in [0.1, 0.15) is 12.1 Å². The van der Waals surface area contributed by atoms with E-state index in [0.717, 1.165) is 0 Å². The minimum absolute atomic E-state index is 0.187. The topological polar surface area (TPSA) is 119 Å². The Morgan fingerprint density at radius 1 is 1.50 bits per heavy atom. The van der Waals surface area contributed by atoms with Crippen LogP contribution >= 0.6 is 0 Å². The van der Waals surface area contributed by atoms with Crippen molar-refractivity contribution >= 4 is 11.9 Å². The fourth-order valence-electron chi connectivity index (χ4n) is 1.33. The smallest absolute Gasteiger partial charge is 0.322 e. The third-order valence-corrected chi connectivity index (χ3v) is 2.57. The number of carbonyl (C=O) groups is 2. The molecule has 0 aliphatic carbocycles. The second-order valence-electron chi connectivity index (χ2n) is 3.93. The first kappa shape index (κ1) is 14.1. The van der Waals surface area contributed by atoms with E-state index in [1.165, 1.54) is 31.5 Å². The number of nitrogens with zero attached hydrogens (tertiary/aromatic N) is 2.